The summed E-state index contributed by atoms with van der Waals surface area (Å²) in [6.45, 7) is 1.83. The number of hydrogen-bond acceptors (Lipinski definition) is 5. The van der Waals surface area contributed by atoms with Crippen LogP contribution in [0.15, 0.2) is 53.6 Å². The number of nitrogens with two attached hydrogens (primary N) is 1. The molecule has 0 saturated carbocycles. The molecular weight excluding hydrogens is 326 g/mol. The highest BCUT2D eigenvalue weighted by Gasteiger charge is 2.09. The molecule has 0 atom stereocenters. The lowest BCUT2D eigenvalue weighted by molar-refractivity contribution is -0.105. The van der Waals surface area contributed by atoms with Gasteiger partial charge in [0, 0.05) is 28.0 Å². The fourth-order valence-corrected chi connectivity index (χ4v) is 2.39. The quantitative estimate of drug-likeness (QED) is 0.454. The predicted octanol–water partition coefficient (Wildman–Crippen LogP) is 3.39. The lowest BCUT2D eigenvalue weighted by Crippen LogP contribution is -2.03. The summed E-state index contributed by atoms with van der Waals surface area (Å²) >= 11 is 1.17. The molecule has 0 saturated heterocycles. The first-order chi connectivity index (χ1) is 11.5. The summed E-state index contributed by atoms with van der Waals surface area (Å²) in [5.41, 5.74) is 2.97. The Hall–Kier alpha value is -2.77. The van der Waals surface area contributed by atoms with Gasteiger partial charge in [0.2, 0.25) is 6.41 Å². The Morgan fingerprint density at radius 3 is 2.46 bits per heavy atom. The molecule has 0 spiro atoms. The standard InChI is InChI=1S/C17H17N3O3S/c1-11(9-19-13-3-5-14(24-18)6-4-13)15-8-12(17(22)23)2-7-16(15)20-10-21/h2-10,19H,18H2,1H3,(H,20,21)(H,22,23)/b11-9+. The number of allylic oxidation sites excluding steroid dienone is 1. The molecule has 7 heteroatoms. The minimum atomic E-state index is -1.02. The summed E-state index contributed by atoms with van der Waals surface area (Å²) in [6.07, 6.45) is 2.31. The number of amides is 1. The third-order valence-electron chi connectivity index (χ3n) is 3.35. The van der Waals surface area contributed by atoms with Crippen molar-refractivity contribution >= 4 is 41.3 Å². The van der Waals surface area contributed by atoms with Crippen LogP contribution in [-0.4, -0.2) is 17.5 Å². The van der Waals surface area contributed by atoms with Gasteiger partial charge in [0.05, 0.1) is 5.56 Å². The molecule has 2 rings (SSSR count). The first-order valence-electron chi connectivity index (χ1n) is 7.03. The zero-order valence-corrected chi connectivity index (χ0v) is 13.8. The van der Waals surface area contributed by atoms with Crippen molar-refractivity contribution < 1.29 is 14.7 Å². The summed E-state index contributed by atoms with van der Waals surface area (Å²) in [4.78, 5) is 22.8. The van der Waals surface area contributed by atoms with Gasteiger partial charge in [-0.3, -0.25) is 9.93 Å². The largest absolute Gasteiger partial charge is 0.478 e. The number of benzene rings is 2. The molecule has 1 amide bonds. The smallest absolute Gasteiger partial charge is 0.335 e. The number of carboxylic acids is 1. The van der Waals surface area contributed by atoms with Crippen molar-refractivity contribution in [2.75, 3.05) is 10.6 Å². The lowest BCUT2D eigenvalue weighted by Gasteiger charge is -2.11. The van der Waals surface area contributed by atoms with E-state index in [0.29, 0.717) is 17.7 Å². The molecule has 2 aromatic rings. The maximum atomic E-state index is 11.1. The second kappa shape index (κ2) is 8.19. The van der Waals surface area contributed by atoms with Gasteiger partial charge < -0.3 is 15.7 Å². The van der Waals surface area contributed by atoms with E-state index in [1.165, 1.54) is 24.1 Å². The van der Waals surface area contributed by atoms with Gasteiger partial charge in [0.1, 0.15) is 0 Å². The van der Waals surface area contributed by atoms with Crippen LogP contribution in [0.25, 0.3) is 5.57 Å². The van der Waals surface area contributed by atoms with E-state index < -0.39 is 5.97 Å². The van der Waals surface area contributed by atoms with Crippen LogP contribution < -0.4 is 15.8 Å². The number of carbonyl (C=O) groups excluding carboxylic acids is 1. The van der Waals surface area contributed by atoms with Crippen LogP contribution in [0.5, 0.6) is 0 Å². The molecule has 0 aliphatic rings. The number of anilines is 2. The Labute approximate surface area is 143 Å². The van der Waals surface area contributed by atoms with Crippen LogP contribution in [0.2, 0.25) is 0 Å². The average Bonchev–Trinajstić information content (AvgIpc) is 2.60. The van der Waals surface area contributed by atoms with Crippen molar-refractivity contribution in [2.24, 2.45) is 5.14 Å². The highest BCUT2D eigenvalue weighted by molar-refractivity contribution is 7.97. The van der Waals surface area contributed by atoms with Crippen molar-refractivity contribution in [1.29, 1.82) is 0 Å². The Morgan fingerprint density at radius 1 is 1.17 bits per heavy atom. The molecule has 2 aromatic carbocycles. The zero-order valence-electron chi connectivity index (χ0n) is 12.9. The van der Waals surface area contributed by atoms with E-state index >= 15 is 0 Å². The SMILES string of the molecule is C/C(=C\Nc1ccc(SN)cc1)c1cc(C(=O)O)ccc1NC=O. The minimum Gasteiger partial charge on any atom is -0.478 e. The van der Waals surface area contributed by atoms with Gasteiger partial charge in [-0.1, -0.05) is 0 Å². The summed E-state index contributed by atoms with van der Waals surface area (Å²) in [5.74, 6) is -1.02. The second-order valence-corrected chi connectivity index (χ2v) is 5.65. The Kier molecular flexibility index (Phi) is 6.00. The van der Waals surface area contributed by atoms with Crippen molar-refractivity contribution in [3.8, 4) is 0 Å². The lowest BCUT2D eigenvalue weighted by atomic mass is 10.0. The highest BCUT2D eigenvalue weighted by Crippen LogP contribution is 2.25. The Bertz CT molecular complexity index is 773. The van der Waals surface area contributed by atoms with Gasteiger partial charge in [-0.25, -0.2) is 4.79 Å². The molecule has 0 aliphatic heterocycles. The van der Waals surface area contributed by atoms with Crippen LogP contribution in [0, 0.1) is 0 Å². The van der Waals surface area contributed by atoms with E-state index in [9.17, 15) is 9.59 Å². The zero-order chi connectivity index (χ0) is 17.5. The summed E-state index contributed by atoms with van der Waals surface area (Å²) in [7, 11) is 0. The van der Waals surface area contributed by atoms with Gasteiger partial charge >= 0.3 is 5.97 Å². The molecule has 0 radical (unpaired) electrons. The van der Waals surface area contributed by atoms with E-state index in [0.717, 1.165) is 16.2 Å². The Balaban J connectivity index is 2.28. The van der Waals surface area contributed by atoms with Crippen LogP contribution in [0.3, 0.4) is 0 Å². The highest BCUT2D eigenvalue weighted by atomic mass is 32.2. The predicted molar refractivity (Wildman–Crippen MR) is 96.8 cm³/mol. The molecule has 0 aliphatic carbocycles. The van der Waals surface area contributed by atoms with E-state index in [1.807, 2.05) is 31.2 Å². The summed E-state index contributed by atoms with van der Waals surface area (Å²) in [6, 6.07) is 12.1. The van der Waals surface area contributed by atoms with E-state index in [4.69, 9.17) is 10.2 Å². The van der Waals surface area contributed by atoms with E-state index in [2.05, 4.69) is 10.6 Å². The molecular formula is C17H17N3O3S. The van der Waals surface area contributed by atoms with Crippen LogP contribution >= 0.6 is 11.9 Å². The first-order valence-corrected chi connectivity index (χ1v) is 7.91. The molecule has 24 heavy (non-hydrogen) atoms. The number of carboxylic acid groups (broad SMARTS) is 1. The van der Waals surface area contributed by atoms with Gasteiger partial charge in [-0.2, -0.15) is 0 Å². The fraction of sp³-hybridized carbons (Fsp3) is 0.0588. The van der Waals surface area contributed by atoms with Crippen molar-refractivity contribution in [2.45, 2.75) is 11.8 Å². The van der Waals surface area contributed by atoms with E-state index in [-0.39, 0.29) is 5.56 Å². The van der Waals surface area contributed by atoms with Gasteiger partial charge in [0.25, 0.3) is 0 Å². The number of nitrogens with one attached hydrogen (secondary N) is 2. The third kappa shape index (κ3) is 4.37. The van der Waals surface area contributed by atoms with Crippen LogP contribution in [0.4, 0.5) is 11.4 Å². The molecule has 0 unspecified atom stereocenters. The summed E-state index contributed by atoms with van der Waals surface area (Å²) in [5, 5.41) is 20.3. The number of aromatic carboxylic acids is 1. The third-order valence-corrected chi connectivity index (χ3v) is 3.90. The minimum absolute atomic E-state index is 0.151. The topological polar surface area (TPSA) is 104 Å². The van der Waals surface area contributed by atoms with Crippen LogP contribution in [0.1, 0.15) is 22.8 Å². The number of rotatable bonds is 7. The fourth-order valence-electron chi connectivity index (χ4n) is 2.09. The van der Waals surface area contributed by atoms with Gasteiger partial charge in [-0.15, -0.1) is 0 Å². The normalized spacial score (nSPS) is 11.0. The first kappa shape index (κ1) is 17.6. The molecule has 0 heterocycles. The van der Waals surface area contributed by atoms with Gasteiger partial charge in [-0.05, 0) is 66.9 Å². The van der Waals surface area contributed by atoms with Crippen molar-refractivity contribution in [3.05, 3.63) is 59.8 Å². The molecule has 124 valence electrons. The molecule has 0 bridgehead atoms. The maximum absolute atomic E-state index is 11.1. The average molecular weight is 343 g/mol. The maximum Gasteiger partial charge on any atom is 0.335 e. The summed E-state index contributed by atoms with van der Waals surface area (Å²) < 4.78 is 0. The van der Waals surface area contributed by atoms with Crippen molar-refractivity contribution in [3.63, 3.8) is 0 Å². The van der Waals surface area contributed by atoms with Gasteiger partial charge in [0.15, 0.2) is 0 Å². The Morgan fingerprint density at radius 2 is 1.88 bits per heavy atom. The monoisotopic (exact) mass is 343 g/mol. The number of hydrogen-bond donors (Lipinski definition) is 4. The second-order valence-electron chi connectivity index (χ2n) is 4.94. The van der Waals surface area contributed by atoms with E-state index in [1.54, 1.807) is 12.3 Å². The molecule has 6 nitrogen and oxygen atoms in total. The molecule has 0 aromatic heterocycles. The van der Waals surface area contributed by atoms with Crippen LogP contribution in [-0.2, 0) is 4.79 Å². The molecule has 0 fully saturated rings. The van der Waals surface area contributed by atoms with Crippen molar-refractivity contribution in [1.82, 2.24) is 0 Å². The molecule has 5 N–H and O–H groups in total. The number of carbonyl (C=O) groups is 2.